The summed E-state index contributed by atoms with van der Waals surface area (Å²) in [5.41, 5.74) is 3.94. The van der Waals surface area contributed by atoms with Gasteiger partial charge in [0.2, 0.25) is 0 Å². The molecule has 1 aromatic carbocycles. The number of guanidine groups is 1. The minimum absolute atomic E-state index is 0. The van der Waals surface area contributed by atoms with Gasteiger partial charge in [-0.25, -0.2) is 0 Å². The van der Waals surface area contributed by atoms with Crippen LogP contribution >= 0.6 is 24.0 Å². The number of benzene rings is 1. The summed E-state index contributed by atoms with van der Waals surface area (Å²) in [4.78, 5) is 4.34. The number of aryl methyl sites for hydroxylation is 2. The fourth-order valence-electron chi connectivity index (χ4n) is 3.38. The van der Waals surface area contributed by atoms with Gasteiger partial charge < -0.3 is 15.4 Å². The second-order valence-corrected chi connectivity index (χ2v) is 6.22. The van der Waals surface area contributed by atoms with Gasteiger partial charge in [0.05, 0.1) is 18.2 Å². The quantitative estimate of drug-likeness (QED) is 0.454. The van der Waals surface area contributed by atoms with Gasteiger partial charge in [-0.15, -0.1) is 24.0 Å². The van der Waals surface area contributed by atoms with Crippen molar-refractivity contribution in [2.24, 2.45) is 4.99 Å². The normalized spacial score (nSPS) is 26.7. The number of halogens is 1. The molecule has 2 bridgehead atoms. The van der Waals surface area contributed by atoms with Crippen LogP contribution in [0.15, 0.2) is 23.2 Å². The summed E-state index contributed by atoms with van der Waals surface area (Å²) in [6.07, 6.45) is 4.34. The van der Waals surface area contributed by atoms with Crippen molar-refractivity contribution in [1.82, 2.24) is 10.6 Å². The molecule has 2 fully saturated rings. The number of hydrogen-bond acceptors (Lipinski definition) is 2. The number of ether oxygens (including phenoxy) is 1. The van der Waals surface area contributed by atoms with E-state index in [2.05, 4.69) is 47.7 Å². The van der Waals surface area contributed by atoms with Crippen LogP contribution in [0.25, 0.3) is 0 Å². The van der Waals surface area contributed by atoms with Gasteiger partial charge in [0.25, 0.3) is 0 Å². The van der Waals surface area contributed by atoms with E-state index in [0.29, 0.717) is 18.2 Å². The number of hydrogen-bond donors (Lipinski definition) is 2. The molecular weight excluding hydrogens is 389 g/mol. The van der Waals surface area contributed by atoms with E-state index in [1.54, 1.807) is 0 Å². The zero-order valence-corrected chi connectivity index (χ0v) is 15.9. The van der Waals surface area contributed by atoms with Gasteiger partial charge in [0.15, 0.2) is 5.96 Å². The molecule has 0 aliphatic carbocycles. The molecule has 2 aliphatic heterocycles. The first-order valence-electron chi connectivity index (χ1n) is 7.84. The molecule has 2 N–H and O–H groups in total. The van der Waals surface area contributed by atoms with Crippen molar-refractivity contribution >= 4 is 29.9 Å². The van der Waals surface area contributed by atoms with E-state index in [9.17, 15) is 0 Å². The zero-order chi connectivity index (χ0) is 14.8. The first-order valence-corrected chi connectivity index (χ1v) is 7.84. The Morgan fingerprint density at radius 1 is 1.32 bits per heavy atom. The lowest BCUT2D eigenvalue weighted by Gasteiger charge is -2.23. The number of aliphatic imine (C=N–C) groups is 1. The van der Waals surface area contributed by atoms with E-state index >= 15 is 0 Å². The van der Waals surface area contributed by atoms with Crippen LogP contribution in [0.3, 0.4) is 0 Å². The molecule has 5 heteroatoms. The van der Waals surface area contributed by atoms with Gasteiger partial charge in [-0.3, -0.25) is 4.99 Å². The Kier molecular flexibility index (Phi) is 6.09. The largest absolute Gasteiger partial charge is 0.373 e. The smallest absolute Gasteiger partial charge is 0.191 e. The van der Waals surface area contributed by atoms with Crippen molar-refractivity contribution in [2.45, 2.75) is 57.9 Å². The predicted octanol–water partition coefficient (Wildman–Crippen LogP) is 2.91. The van der Waals surface area contributed by atoms with E-state index < -0.39 is 0 Å². The van der Waals surface area contributed by atoms with Crippen LogP contribution in [-0.4, -0.2) is 31.3 Å². The van der Waals surface area contributed by atoms with Crippen LogP contribution in [0.1, 0.15) is 36.0 Å². The number of nitrogens with one attached hydrogen (secondary N) is 2. The molecule has 22 heavy (non-hydrogen) atoms. The summed E-state index contributed by atoms with van der Waals surface area (Å²) in [6, 6.07) is 6.97. The van der Waals surface area contributed by atoms with Crippen LogP contribution in [0.4, 0.5) is 0 Å². The number of rotatable bonds is 3. The maximum Gasteiger partial charge on any atom is 0.191 e. The molecule has 1 aromatic rings. The molecule has 2 aliphatic rings. The highest BCUT2D eigenvalue weighted by Crippen LogP contribution is 2.34. The first kappa shape index (κ1) is 17.5. The SMILES string of the molecule is CN=C(NCc1ccc(C)cc1C)NC1CC2CCC1O2.I. The summed E-state index contributed by atoms with van der Waals surface area (Å²) in [7, 11) is 1.82. The fraction of sp³-hybridized carbons (Fsp3) is 0.588. The maximum atomic E-state index is 5.88. The Labute approximate surface area is 150 Å². The van der Waals surface area contributed by atoms with Crippen LogP contribution in [0.5, 0.6) is 0 Å². The Morgan fingerprint density at radius 2 is 2.14 bits per heavy atom. The molecule has 2 saturated heterocycles. The van der Waals surface area contributed by atoms with Crippen molar-refractivity contribution in [3.8, 4) is 0 Å². The molecule has 0 radical (unpaired) electrons. The van der Waals surface area contributed by atoms with Gasteiger partial charge in [-0.1, -0.05) is 23.8 Å². The van der Waals surface area contributed by atoms with Gasteiger partial charge in [-0.2, -0.15) is 0 Å². The molecule has 0 spiro atoms. The Hall–Kier alpha value is -0.820. The molecular formula is C17H26IN3O. The lowest BCUT2D eigenvalue weighted by Crippen LogP contribution is -2.47. The maximum absolute atomic E-state index is 5.88. The lowest BCUT2D eigenvalue weighted by molar-refractivity contribution is 0.0992. The van der Waals surface area contributed by atoms with Gasteiger partial charge in [0, 0.05) is 13.6 Å². The molecule has 0 aromatic heterocycles. The van der Waals surface area contributed by atoms with Crippen LogP contribution in [-0.2, 0) is 11.3 Å². The van der Waals surface area contributed by atoms with Crippen molar-refractivity contribution < 1.29 is 4.74 Å². The third kappa shape index (κ3) is 3.93. The Balaban J connectivity index is 0.00000176. The molecule has 3 rings (SSSR count). The van der Waals surface area contributed by atoms with E-state index in [4.69, 9.17) is 4.74 Å². The summed E-state index contributed by atoms with van der Waals surface area (Å²) in [5, 5.41) is 6.93. The molecule has 2 heterocycles. The summed E-state index contributed by atoms with van der Waals surface area (Å²) in [6.45, 7) is 5.08. The Morgan fingerprint density at radius 3 is 2.73 bits per heavy atom. The minimum Gasteiger partial charge on any atom is -0.373 e. The molecule has 122 valence electrons. The van der Waals surface area contributed by atoms with E-state index in [-0.39, 0.29) is 24.0 Å². The van der Waals surface area contributed by atoms with Crippen molar-refractivity contribution in [1.29, 1.82) is 0 Å². The second kappa shape index (κ2) is 7.64. The van der Waals surface area contributed by atoms with Gasteiger partial charge in [0.1, 0.15) is 0 Å². The van der Waals surface area contributed by atoms with E-state index in [0.717, 1.165) is 18.9 Å². The standard InChI is InChI=1S/C17H25N3O.HI/c1-11-4-5-13(12(2)8-11)10-19-17(18-3)20-15-9-14-6-7-16(15)21-14;/h4-5,8,14-16H,6-7,9-10H2,1-3H3,(H2,18,19,20);1H. The summed E-state index contributed by atoms with van der Waals surface area (Å²) < 4.78 is 5.88. The predicted molar refractivity (Wildman–Crippen MR) is 101 cm³/mol. The first-order chi connectivity index (χ1) is 10.2. The molecule has 0 amide bonds. The highest BCUT2D eigenvalue weighted by molar-refractivity contribution is 14.0. The monoisotopic (exact) mass is 415 g/mol. The van der Waals surface area contributed by atoms with Crippen LogP contribution in [0.2, 0.25) is 0 Å². The topological polar surface area (TPSA) is 45.7 Å². The molecule has 4 nitrogen and oxygen atoms in total. The van der Waals surface area contributed by atoms with Crippen LogP contribution < -0.4 is 10.6 Å². The summed E-state index contributed by atoms with van der Waals surface area (Å²) in [5.74, 6) is 0.871. The Bertz CT molecular complexity index is 547. The highest BCUT2D eigenvalue weighted by Gasteiger charge is 2.41. The average Bonchev–Trinajstić information content (AvgIpc) is 3.07. The van der Waals surface area contributed by atoms with Crippen LogP contribution in [0, 0.1) is 13.8 Å². The molecule has 3 atom stereocenters. The number of nitrogens with zero attached hydrogens (tertiary/aromatic N) is 1. The minimum atomic E-state index is 0. The van der Waals surface area contributed by atoms with Crippen molar-refractivity contribution in [3.05, 3.63) is 34.9 Å². The van der Waals surface area contributed by atoms with Gasteiger partial charge >= 0.3 is 0 Å². The number of fused-ring (bicyclic) bond motifs is 2. The van der Waals surface area contributed by atoms with Gasteiger partial charge in [-0.05, 0) is 44.2 Å². The average molecular weight is 415 g/mol. The fourth-order valence-corrected chi connectivity index (χ4v) is 3.38. The van der Waals surface area contributed by atoms with E-state index in [1.165, 1.54) is 29.5 Å². The van der Waals surface area contributed by atoms with E-state index in [1.807, 2.05) is 7.05 Å². The highest BCUT2D eigenvalue weighted by atomic mass is 127. The van der Waals surface area contributed by atoms with Crippen molar-refractivity contribution in [3.63, 3.8) is 0 Å². The molecule has 3 unspecified atom stereocenters. The summed E-state index contributed by atoms with van der Waals surface area (Å²) >= 11 is 0. The second-order valence-electron chi connectivity index (χ2n) is 6.22. The van der Waals surface area contributed by atoms with Crippen molar-refractivity contribution in [2.75, 3.05) is 7.05 Å². The third-order valence-corrected chi connectivity index (χ3v) is 4.60. The third-order valence-electron chi connectivity index (χ3n) is 4.60. The molecule has 0 saturated carbocycles. The zero-order valence-electron chi connectivity index (χ0n) is 13.6. The lowest BCUT2D eigenvalue weighted by atomic mass is 9.96.